The number of hydrogen-bond donors (Lipinski definition) is 2. The molecule has 2 rings (SSSR count). The van der Waals surface area contributed by atoms with E-state index in [0.717, 1.165) is 12.1 Å². The van der Waals surface area contributed by atoms with E-state index >= 15 is 0 Å². The Hall–Kier alpha value is -0.890. The molecule has 4 nitrogen and oxygen atoms in total. The molecule has 1 unspecified atom stereocenters. The van der Waals surface area contributed by atoms with Crippen molar-refractivity contribution in [2.24, 2.45) is 0 Å². The minimum Gasteiger partial charge on any atom is -0.310 e. The molecule has 1 heterocycles. The van der Waals surface area contributed by atoms with Crippen LogP contribution < -0.4 is 10.0 Å². The highest BCUT2D eigenvalue weighted by Gasteiger charge is 2.21. The second-order valence-corrected chi connectivity index (χ2v) is 8.18. The van der Waals surface area contributed by atoms with Crippen molar-refractivity contribution in [1.82, 2.24) is 5.32 Å². The van der Waals surface area contributed by atoms with Crippen molar-refractivity contribution in [3.63, 3.8) is 0 Å². The predicted molar refractivity (Wildman–Crippen MR) is 91.4 cm³/mol. The van der Waals surface area contributed by atoms with E-state index in [-0.39, 0.29) is 10.3 Å². The fourth-order valence-electron chi connectivity index (χ4n) is 2.05. The molecule has 2 N–H and O–H groups in total. The van der Waals surface area contributed by atoms with Gasteiger partial charge < -0.3 is 5.32 Å². The number of thiophene rings is 1. The number of halogens is 1. The molecule has 0 fully saturated rings. The monoisotopic (exact) mass is 388 g/mol. The quantitative estimate of drug-likeness (QED) is 0.786. The van der Waals surface area contributed by atoms with Crippen LogP contribution in [0.25, 0.3) is 0 Å². The van der Waals surface area contributed by atoms with Crippen LogP contribution in [0.2, 0.25) is 0 Å². The minimum atomic E-state index is -3.58. The molecule has 0 saturated heterocycles. The molecule has 21 heavy (non-hydrogen) atoms. The third-order valence-electron chi connectivity index (χ3n) is 3.01. The number of hydrogen-bond acceptors (Lipinski definition) is 4. The van der Waals surface area contributed by atoms with Gasteiger partial charge in [-0.15, -0.1) is 11.3 Å². The number of rotatable bonds is 6. The van der Waals surface area contributed by atoms with Crippen molar-refractivity contribution in [2.75, 3.05) is 11.3 Å². The molecule has 1 atom stereocenters. The summed E-state index contributed by atoms with van der Waals surface area (Å²) in [6, 6.07) is 9.23. The molecule has 7 heteroatoms. The molecule has 1 aromatic heterocycles. The molecular formula is C14H17BrN2O2S2. The first-order valence-electron chi connectivity index (χ1n) is 6.54. The molecule has 114 valence electrons. The Morgan fingerprint density at radius 2 is 2.00 bits per heavy atom. The Bertz CT molecular complexity index is 713. The van der Waals surface area contributed by atoms with Gasteiger partial charge in [-0.3, -0.25) is 4.72 Å². The molecule has 2 aromatic rings. The van der Waals surface area contributed by atoms with E-state index in [0.29, 0.717) is 10.2 Å². The summed E-state index contributed by atoms with van der Waals surface area (Å²) in [5.74, 6) is 0. The molecule has 0 aliphatic carbocycles. The number of anilines is 1. The molecule has 0 amide bonds. The Kier molecular flexibility index (Phi) is 5.43. The maximum atomic E-state index is 12.5. The van der Waals surface area contributed by atoms with Crippen LogP contribution >= 0.6 is 27.3 Å². The van der Waals surface area contributed by atoms with Gasteiger partial charge in [0.1, 0.15) is 0 Å². The third kappa shape index (κ3) is 3.85. The first-order chi connectivity index (χ1) is 9.95. The standard InChI is InChI=1S/C14H17BrN2O2S2/c1-3-16-10(2)11-6-4-5-7-13(11)17-21(18,19)14-12(15)8-9-20-14/h4-10,16-17H,3H2,1-2H3. The lowest BCUT2D eigenvalue weighted by molar-refractivity contribution is 0.596. The number of nitrogens with one attached hydrogen (secondary N) is 2. The maximum absolute atomic E-state index is 12.5. The molecule has 1 aromatic carbocycles. The van der Waals surface area contributed by atoms with Crippen LogP contribution in [0.5, 0.6) is 0 Å². The van der Waals surface area contributed by atoms with Crippen LogP contribution in [0.1, 0.15) is 25.5 Å². The average molecular weight is 389 g/mol. The van der Waals surface area contributed by atoms with Gasteiger partial charge in [0, 0.05) is 10.5 Å². The lowest BCUT2D eigenvalue weighted by atomic mass is 10.1. The highest BCUT2D eigenvalue weighted by molar-refractivity contribution is 9.10. The van der Waals surface area contributed by atoms with Gasteiger partial charge in [0.15, 0.2) is 4.21 Å². The highest BCUT2D eigenvalue weighted by Crippen LogP contribution is 2.31. The number of sulfonamides is 1. The van der Waals surface area contributed by atoms with Gasteiger partial charge in [-0.2, -0.15) is 0 Å². The van der Waals surface area contributed by atoms with E-state index in [1.165, 1.54) is 11.3 Å². The van der Waals surface area contributed by atoms with E-state index in [9.17, 15) is 8.42 Å². The lowest BCUT2D eigenvalue weighted by Crippen LogP contribution is -2.20. The largest absolute Gasteiger partial charge is 0.310 e. The van der Waals surface area contributed by atoms with Gasteiger partial charge in [-0.25, -0.2) is 8.42 Å². The normalized spacial score (nSPS) is 13.1. The van der Waals surface area contributed by atoms with E-state index in [1.54, 1.807) is 17.5 Å². The van der Waals surface area contributed by atoms with Crippen LogP contribution in [0.3, 0.4) is 0 Å². The third-order valence-corrected chi connectivity index (χ3v) is 7.05. The first kappa shape index (κ1) is 16.5. The van der Waals surface area contributed by atoms with Crippen LogP contribution in [-0.2, 0) is 10.0 Å². The zero-order valence-corrected chi connectivity index (χ0v) is 15.0. The summed E-state index contributed by atoms with van der Waals surface area (Å²) in [7, 11) is -3.58. The lowest BCUT2D eigenvalue weighted by Gasteiger charge is -2.18. The molecule has 0 spiro atoms. The topological polar surface area (TPSA) is 58.2 Å². The summed E-state index contributed by atoms with van der Waals surface area (Å²) in [5.41, 5.74) is 1.53. The van der Waals surface area contributed by atoms with Crippen molar-refractivity contribution in [3.8, 4) is 0 Å². The Balaban J connectivity index is 2.34. The average Bonchev–Trinajstić information content (AvgIpc) is 2.86. The summed E-state index contributed by atoms with van der Waals surface area (Å²) < 4.78 is 28.5. The second-order valence-electron chi connectivity index (χ2n) is 4.53. The van der Waals surface area contributed by atoms with E-state index in [2.05, 4.69) is 26.0 Å². The Morgan fingerprint density at radius 1 is 1.29 bits per heavy atom. The maximum Gasteiger partial charge on any atom is 0.272 e. The summed E-state index contributed by atoms with van der Waals surface area (Å²) in [5, 5.41) is 5.03. The molecule has 0 saturated carbocycles. The van der Waals surface area contributed by atoms with E-state index < -0.39 is 10.0 Å². The van der Waals surface area contributed by atoms with Crippen molar-refractivity contribution < 1.29 is 8.42 Å². The summed E-state index contributed by atoms with van der Waals surface area (Å²) in [6.45, 7) is 4.85. The van der Waals surface area contributed by atoms with Crippen molar-refractivity contribution >= 4 is 43.0 Å². The van der Waals surface area contributed by atoms with Crippen molar-refractivity contribution in [1.29, 1.82) is 0 Å². The zero-order valence-electron chi connectivity index (χ0n) is 11.8. The van der Waals surface area contributed by atoms with E-state index in [4.69, 9.17) is 0 Å². The van der Waals surface area contributed by atoms with Crippen LogP contribution in [-0.4, -0.2) is 15.0 Å². The molecular weight excluding hydrogens is 372 g/mol. The number of benzene rings is 1. The SMILES string of the molecule is CCNC(C)c1ccccc1NS(=O)(=O)c1sccc1Br. The summed E-state index contributed by atoms with van der Waals surface area (Å²) in [4.78, 5) is 0. The molecule has 0 radical (unpaired) electrons. The minimum absolute atomic E-state index is 0.0701. The van der Waals surface area contributed by atoms with Gasteiger partial charge in [-0.05, 0) is 52.5 Å². The van der Waals surface area contributed by atoms with Gasteiger partial charge in [-0.1, -0.05) is 25.1 Å². The second kappa shape index (κ2) is 6.91. The fraction of sp³-hybridized carbons (Fsp3) is 0.286. The van der Waals surface area contributed by atoms with Crippen LogP contribution in [0.4, 0.5) is 5.69 Å². The summed E-state index contributed by atoms with van der Waals surface area (Å²) >= 11 is 4.45. The van der Waals surface area contributed by atoms with Gasteiger partial charge in [0.2, 0.25) is 0 Å². The first-order valence-corrected chi connectivity index (χ1v) is 9.69. The smallest absolute Gasteiger partial charge is 0.272 e. The van der Waals surface area contributed by atoms with Crippen LogP contribution in [0.15, 0.2) is 44.4 Å². The van der Waals surface area contributed by atoms with Gasteiger partial charge in [0.05, 0.1) is 5.69 Å². The van der Waals surface area contributed by atoms with Crippen molar-refractivity contribution in [2.45, 2.75) is 24.1 Å². The number of para-hydroxylation sites is 1. The summed E-state index contributed by atoms with van der Waals surface area (Å²) in [6.07, 6.45) is 0. The van der Waals surface area contributed by atoms with Gasteiger partial charge >= 0.3 is 0 Å². The molecule has 0 aliphatic rings. The zero-order chi connectivity index (χ0) is 15.5. The van der Waals surface area contributed by atoms with Crippen LogP contribution in [0, 0.1) is 0 Å². The molecule has 0 aliphatic heterocycles. The Morgan fingerprint density at radius 3 is 2.62 bits per heavy atom. The fourth-order valence-corrected chi connectivity index (χ4v) is 5.47. The predicted octanol–water partition coefficient (Wildman–Crippen LogP) is 3.98. The van der Waals surface area contributed by atoms with E-state index in [1.807, 2.05) is 32.0 Å². The Labute approximate surface area is 137 Å². The van der Waals surface area contributed by atoms with Crippen molar-refractivity contribution in [3.05, 3.63) is 45.7 Å². The van der Waals surface area contributed by atoms with Gasteiger partial charge in [0.25, 0.3) is 10.0 Å². The highest BCUT2D eigenvalue weighted by atomic mass is 79.9. The molecule has 0 bridgehead atoms.